The van der Waals surface area contributed by atoms with Crippen molar-refractivity contribution in [3.05, 3.63) is 24.0 Å². The van der Waals surface area contributed by atoms with Gasteiger partial charge in [-0.3, -0.25) is 0 Å². The molecule has 1 rings (SSSR count). The Bertz CT molecular complexity index is 341. The van der Waals surface area contributed by atoms with E-state index in [1.807, 2.05) is 0 Å². The van der Waals surface area contributed by atoms with Crippen molar-refractivity contribution in [3.63, 3.8) is 0 Å². The molecule has 1 atom stereocenters. The molecular weight excluding hydrogens is 239 g/mol. The molecule has 1 heterocycles. The van der Waals surface area contributed by atoms with E-state index in [0.29, 0.717) is 5.69 Å². The number of hydrogen-bond donors (Lipinski definition) is 0. The second-order valence-electron chi connectivity index (χ2n) is 5.30. The van der Waals surface area contributed by atoms with Crippen LogP contribution < -0.4 is 0 Å². The minimum atomic E-state index is -0.237. The number of hydrogen-bond acceptors (Lipinski definition) is 2. The molecule has 2 nitrogen and oxygen atoms in total. The molecule has 0 fully saturated rings. The molecule has 1 unspecified atom stereocenters. The number of unbranched alkanes of at least 4 members (excludes halogenated alkanes) is 5. The molecule has 108 valence electrons. The van der Waals surface area contributed by atoms with Gasteiger partial charge >= 0.3 is 0 Å². The third-order valence-corrected chi connectivity index (χ3v) is 3.65. The van der Waals surface area contributed by atoms with Crippen LogP contribution >= 0.6 is 0 Å². The van der Waals surface area contributed by atoms with Crippen molar-refractivity contribution in [3.8, 4) is 0 Å². The fourth-order valence-electron chi connectivity index (χ4n) is 2.50. The van der Waals surface area contributed by atoms with Crippen LogP contribution in [0.5, 0.6) is 0 Å². The molecule has 0 aliphatic carbocycles. The Kier molecular flexibility index (Phi) is 8.35. The van der Waals surface area contributed by atoms with Gasteiger partial charge in [0.1, 0.15) is 6.33 Å². The average molecular weight is 266 g/mol. The van der Waals surface area contributed by atoms with Crippen LogP contribution in [-0.2, 0) is 0 Å². The zero-order valence-electron chi connectivity index (χ0n) is 12.4. The van der Waals surface area contributed by atoms with Gasteiger partial charge in [0.05, 0.1) is 11.9 Å². The fourth-order valence-corrected chi connectivity index (χ4v) is 2.50. The van der Waals surface area contributed by atoms with E-state index in [1.54, 1.807) is 0 Å². The van der Waals surface area contributed by atoms with Crippen molar-refractivity contribution in [1.29, 1.82) is 0 Å². The molecule has 0 saturated carbocycles. The van der Waals surface area contributed by atoms with E-state index in [-0.39, 0.29) is 11.7 Å². The Morgan fingerprint density at radius 1 is 1.00 bits per heavy atom. The Hall–Kier alpha value is -0.990. The first-order valence-corrected chi connectivity index (χ1v) is 7.75. The third kappa shape index (κ3) is 6.13. The average Bonchev–Trinajstić information content (AvgIpc) is 2.42. The molecule has 1 aromatic heterocycles. The lowest BCUT2D eigenvalue weighted by Gasteiger charge is -2.16. The molecule has 0 spiro atoms. The SMILES string of the molecule is CCCCCCC(CCCCC)c1ncncc1F. The van der Waals surface area contributed by atoms with Gasteiger partial charge in [-0.15, -0.1) is 0 Å². The number of nitrogens with zero attached hydrogens (tertiary/aromatic N) is 2. The molecule has 0 aromatic carbocycles. The summed E-state index contributed by atoms with van der Waals surface area (Å²) >= 11 is 0. The maximum absolute atomic E-state index is 13.8. The fraction of sp³-hybridized carbons (Fsp3) is 0.750. The van der Waals surface area contributed by atoms with Crippen molar-refractivity contribution in [2.45, 2.75) is 77.6 Å². The molecule has 0 bridgehead atoms. The Labute approximate surface area is 116 Å². The normalized spacial score (nSPS) is 12.6. The zero-order chi connectivity index (χ0) is 13.9. The quantitative estimate of drug-likeness (QED) is 0.540. The Morgan fingerprint density at radius 3 is 2.26 bits per heavy atom. The van der Waals surface area contributed by atoms with E-state index in [9.17, 15) is 4.39 Å². The number of rotatable bonds is 10. The minimum absolute atomic E-state index is 0.237. The first-order valence-electron chi connectivity index (χ1n) is 7.75. The smallest absolute Gasteiger partial charge is 0.163 e. The van der Waals surface area contributed by atoms with Gasteiger partial charge in [0.15, 0.2) is 5.82 Å². The summed E-state index contributed by atoms with van der Waals surface area (Å²) in [5.74, 6) is 0.0332. The van der Waals surface area contributed by atoms with Crippen molar-refractivity contribution >= 4 is 0 Å². The van der Waals surface area contributed by atoms with Gasteiger partial charge in [0, 0.05) is 5.92 Å². The maximum Gasteiger partial charge on any atom is 0.163 e. The summed E-state index contributed by atoms with van der Waals surface area (Å²) in [7, 11) is 0. The number of halogens is 1. The van der Waals surface area contributed by atoms with Crippen LogP contribution in [0.2, 0.25) is 0 Å². The van der Waals surface area contributed by atoms with Crippen molar-refractivity contribution in [1.82, 2.24) is 9.97 Å². The molecule has 0 N–H and O–H groups in total. The van der Waals surface area contributed by atoms with Crippen LogP contribution in [0.15, 0.2) is 12.5 Å². The van der Waals surface area contributed by atoms with Crippen LogP contribution in [0.3, 0.4) is 0 Å². The summed E-state index contributed by atoms with van der Waals surface area (Å²) in [5, 5.41) is 0. The molecule has 0 saturated heterocycles. The lowest BCUT2D eigenvalue weighted by atomic mass is 9.91. The second kappa shape index (κ2) is 9.88. The van der Waals surface area contributed by atoms with E-state index in [1.165, 1.54) is 57.5 Å². The van der Waals surface area contributed by atoms with Gasteiger partial charge in [-0.05, 0) is 12.8 Å². The summed E-state index contributed by atoms with van der Waals surface area (Å²) in [6, 6.07) is 0. The first kappa shape index (κ1) is 16.1. The largest absolute Gasteiger partial charge is 0.242 e. The van der Waals surface area contributed by atoms with Crippen LogP contribution in [0.4, 0.5) is 4.39 Å². The third-order valence-electron chi connectivity index (χ3n) is 3.65. The predicted octanol–water partition coefficient (Wildman–Crippen LogP) is 5.25. The molecule has 19 heavy (non-hydrogen) atoms. The number of aromatic nitrogens is 2. The Morgan fingerprint density at radius 2 is 1.63 bits per heavy atom. The highest BCUT2D eigenvalue weighted by molar-refractivity contribution is 5.08. The summed E-state index contributed by atoms with van der Waals surface area (Å²) in [6.07, 6.45) is 13.4. The molecule has 0 amide bonds. The van der Waals surface area contributed by atoms with E-state index >= 15 is 0 Å². The maximum atomic E-state index is 13.8. The summed E-state index contributed by atoms with van der Waals surface area (Å²) in [4.78, 5) is 7.92. The summed E-state index contributed by atoms with van der Waals surface area (Å²) < 4.78 is 13.8. The molecule has 3 heteroatoms. The van der Waals surface area contributed by atoms with Gasteiger partial charge < -0.3 is 0 Å². The van der Waals surface area contributed by atoms with E-state index in [4.69, 9.17) is 0 Å². The Balaban J connectivity index is 2.55. The van der Waals surface area contributed by atoms with Gasteiger partial charge in [0.2, 0.25) is 0 Å². The second-order valence-corrected chi connectivity index (χ2v) is 5.30. The van der Waals surface area contributed by atoms with E-state index in [0.717, 1.165) is 12.8 Å². The molecule has 0 aliphatic heterocycles. The monoisotopic (exact) mass is 266 g/mol. The topological polar surface area (TPSA) is 25.8 Å². The van der Waals surface area contributed by atoms with Crippen molar-refractivity contribution in [2.24, 2.45) is 0 Å². The summed E-state index contributed by atoms with van der Waals surface area (Å²) in [5.41, 5.74) is 0.627. The molecule has 1 aromatic rings. The van der Waals surface area contributed by atoms with Crippen LogP contribution in [0.1, 0.15) is 83.2 Å². The lowest BCUT2D eigenvalue weighted by Crippen LogP contribution is -2.06. The lowest BCUT2D eigenvalue weighted by molar-refractivity contribution is 0.466. The van der Waals surface area contributed by atoms with E-state index in [2.05, 4.69) is 23.8 Å². The summed E-state index contributed by atoms with van der Waals surface area (Å²) in [6.45, 7) is 4.41. The highest BCUT2D eigenvalue weighted by atomic mass is 19.1. The van der Waals surface area contributed by atoms with Gasteiger partial charge in [-0.2, -0.15) is 0 Å². The highest BCUT2D eigenvalue weighted by Crippen LogP contribution is 2.28. The first-order chi connectivity index (χ1) is 9.29. The molecular formula is C16H27FN2. The van der Waals surface area contributed by atoms with Gasteiger partial charge in [-0.25, -0.2) is 14.4 Å². The van der Waals surface area contributed by atoms with Crippen LogP contribution in [0, 0.1) is 5.82 Å². The van der Waals surface area contributed by atoms with Gasteiger partial charge in [-0.1, -0.05) is 58.8 Å². The van der Waals surface area contributed by atoms with E-state index < -0.39 is 0 Å². The van der Waals surface area contributed by atoms with Gasteiger partial charge in [0.25, 0.3) is 0 Å². The predicted molar refractivity (Wildman–Crippen MR) is 77.6 cm³/mol. The van der Waals surface area contributed by atoms with Crippen LogP contribution in [-0.4, -0.2) is 9.97 Å². The van der Waals surface area contributed by atoms with Crippen molar-refractivity contribution in [2.75, 3.05) is 0 Å². The highest BCUT2D eigenvalue weighted by Gasteiger charge is 2.16. The zero-order valence-corrected chi connectivity index (χ0v) is 12.4. The molecule has 0 radical (unpaired) electrons. The molecule has 0 aliphatic rings. The van der Waals surface area contributed by atoms with Crippen LogP contribution in [0.25, 0.3) is 0 Å². The standard InChI is InChI=1S/C16H27FN2/c1-3-5-7-9-11-14(10-8-6-4-2)16-15(17)12-18-13-19-16/h12-14H,3-11H2,1-2H3. The minimum Gasteiger partial charge on any atom is -0.242 e. The van der Waals surface area contributed by atoms with Crippen molar-refractivity contribution < 1.29 is 4.39 Å².